The highest BCUT2D eigenvalue weighted by molar-refractivity contribution is 5.94. The molecule has 4 heteroatoms. The summed E-state index contributed by atoms with van der Waals surface area (Å²) >= 11 is 0. The van der Waals surface area contributed by atoms with Crippen molar-refractivity contribution in [2.45, 2.75) is 26.7 Å². The molecule has 0 saturated heterocycles. The monoisotopic (exact) mass is 341 g/mol. The molecule has 0 saturated carbocycles. The van der Waals surface area contributed by atoms with Crippen LogP contribution in [0.1, 0.15) is 37.0 Å². The van der Waals surface area contributed by atoms with Crippen molar-refractivity contribution in [3.8, 4) is 16.9 Å². The fourth-order valence-electron chi connectivity index (χ4n) is 2.57. The number of carbonyl (C=O) groups excluding carboxylic acids is 1. The lowest BCUT2D eigenvalue weighted by atomic mass is 9.89. The van der Waals surface area contributed by atoms with Gasteiger partial charge >= 0.3 is 0 Å². The summed E-state index contributed by atoms with van der Waals surface area (Å²) in [5.41, 5.74) is 2.65. The van der Waals surface area contributed by atoms with Gasteiger partial charge in [0.2, 0.25) is 0 Å². The quantitative estimate of drug-likeness (QED) is 0.716. The molecule has 2 rings (SSSR count). The zero-order valence-corrected chi connectivity index (χ0v) is 15.2. The SMILES string of the molecule is COc1cccc(-c2ccc(C(=O)NCCCC(C)(C)CO)cc2)c1. The first kappa shape index (κ1) is 19.0. The van der Waals surface area contributed by atoms with Crippen molar-refractivity contribution in [3.63, 3.8) is 0 Å². The van der Waals surface area contributed by atoms with E-state index in [0.717, 1.165) is 29.7 Å². The van der Waals surface area contributed by atoms with Crippen LogP contribution >= 0.6 is 0 Å². The van der Waals surface area contributed by atoms with E-state index in [1.54, 1.807) is 7.11 Å². The van der Waals surface area contributed by atoms with Crippen molar-refractivity contribution in [1.82, 2.24) is 5.32 Å². The van der Waals surface area contributed by atoms with Gasteiger partial charge in [-0.1, -0.05) is 38.1 Å². The van der Waals surface area contributed by atoms with Crippen molar-refractivity contribution in [2.24, 2.45) is 5.41 Å². The van der Waals surface area contributed by atoms with Gasteiger partial charge in [0.25, 0.3) is 5.91 Å². The molecule has 0 atom stereocenters. The van der Waals surface area contributed by atoms with E-state index in [9.17, 15) is 9.90 Å². The molecule has 134 valence electrons. The van der Waals surface area contributed by atoms with Crippen molar-refractivity contribution in [2.75, 3.05) is 20.3 Å². The summed E-state index contributed by atoms with van der Waals surface area (Å²) in [5.74, 6) is 0.740. The van der Waals surface area contributed by atoms with Gasteiger partial charge < -0.3 is 15.2 Å². The topological polar surface area (TPSA) is 58.6 Å². The summed E-state index contributed by atoms with van der Waals surface area (Å²) in [5, 5.41) is 12.2. The maximum Gasteiger partial charge on any atom is 0.251 e. The fourth-order valence-corrected chi connectivity index (χ4v) is 2.57. The highest BCUT2D eigenvalue weighted by Crippen LogP contribution is 2.24. The number of hydrogen-bond acceptors (Lipinski definition) is 3. The number of ether oxygens (including phenoxy) is 1. The summed E-state index contributed by atoms with van der Waals surface area (Å²) in [4.78, 5) is 12.2. The van der Waals surface area contributed by atoms with Crippen LogP contribution < -0.4 is 10.1 Å². The van der Waals surface area contributed by atoms with Crippen LogP contribution in [0.3, 0.4) is 0 Å². The molecule has 2 N–H and O–H groups in total. The standard InChI is InChI=1S/C21H27NO3/c1-21(2,15-23)12-5-13-22-20(24)17-10-8-16(9-11-17)18-6-4-7-19(14-18)25-3/h4,6-11,14,23H,5,12-13,15H2,1-3H3,(H,22,24). The predicted molar refractivity (Wildman–Crippen MR) is 101 cm³/mol. The van der Waals surface area contributed by atoms with Gasteiger partial charge in [-0.3, -0.25) is 4.79 Å². The minimum atomic E-state index is -0.0941. The first-order valence-corrected chi connectivity index (χ1v) is 8.59. The van der Waals surface area contributed by atoms with E-state index < -0.39 is 0 Å². The second-order valence-corrected chi connectivity index (χ2v) is 6.99. The maximum atomic E-state index is 12.2. The number of nitrogens with one attached hydrogen (secondary N) is 1. The van der Waals surface area contributed by atoms with Gasteiger partial charge in [-0.05, 0) is 53.6 Å². The van der Waals surface area contributed by atoms with Crippen LogP contribution in [0.5, 0.6) is 5.75 Å². The molecular weight excluding hydrogens is 314 g/mol. The van der Waals surface area contributed by atoms with Crippen LogP contribution in [0, 0.1) is 5.41 Å². The molecule has 0 fully saturated rings. The van der Waals surface area contributed by atoms with Crippen LogP contribution in [-0.2, 0) is 0 Å². The number of methoxy groups -OCH3 is 1. The number of aliphatic hydroxyl groups excluding tert-OH is 1. The van der Waals surface area contributed by atoms with Crippen molar-refractivity contribution < 1.29 is 14.6 Å². The lowest BCUT2D eigenvalue weighted by Gasteiger charge is -2.21. The van der Waals surface area contributed by atoms with E-state index in [1.165, 1.54) is 0 Å². The number of benzene rings is 2. The minimum Gasteiger partial charge on any atom is -0.497 e. The summed E-state index contributed by atoms with van der Waals surface area (Å²) in [6.07, 6.45) is 1.72. The van der Waals surface area contributed by atoms with E-state index in [0.29, 0.717) is 12.1 Å². The zero-order valence-electron chi connectivity index (χ0n) is 15.2. The lowest BCUT2D eigenvalue weighted by molar-refractivity contribution is 0.0948. The molecule has 0 aromatic heterocycles. The van der Waals surface area contributed by atoms with Gasteiger partial charge in [0.05, 0.1) is 7.11 Å². The van der Waals surface area contributed by atoms with Gasteiger partial charge in [-0.15, -0.1) is 0 Å². The Morgan fingerprint density at radius 3 is 2.48 bits per heavy atom. The number of aliphatic hydroxyl groups is 1. The minimum absolute atomic E-state index is 0.0704. The van der Waals surface area contributed by atoms with Gasteiger partial charge in [-0.25, -0.2) is 0 Å². The van der Waals surface area contributed by atoms with E-state index in [1.807, 2.05) is 62.4 Å². The van der Waals surface area contributed by atoms with E-state index in [2.05, 4.69) is 5.32 Å². The number of carbonyl (C=O) groups is 1. The maximum absolute atomic E-state index is 12.2. The third-order valence-electron chi connectivity index (χ3n) is 4.29. The lowest BCUT2D eigenvalue weighted by Crippen LogP contribution is -2.26. The van der Waals surface area contributed by atoms with E-state index in [-0.39, 0.29) is 17.9 Å². The van der Waals surface area contributed by atoms with Gasteiger partial charge in [0.1, 0.15) is 5.75 Å². The van der Waals surface area contributed by atoms with Crippen molar-refractivity contribution in [1.29, 1.82) is 0 Å². The van der Waals surface area contributed by atoms with E-state index in [4.69, 9.17) is 4.74 Å². The molecule has 0 unspecified atom stereocenters. The first-order chi connectivity index (χ1) is 11.9. The summed E-state index contributed by atoms with van der Waals surface area (Å²) in [6, 6.07) is 15.4. The Labute approximate surface area is 149 Å². The molecule has 0 bridgehead atoms. The number of hydrogen-bond donors (Lipinski definition) is 2. The Hall–Kier alpha value is -2.33. The third kappa shape index (κ3) is 5.61. The Morgan fingerprint density at radius 2 is 1.84 bits per heavy atom. The largest absolute Gasteiger partial charge is 0.497 e. The highest BCUT2D eigenvalue weighted by Gasteiger charge is 2.15. The molecule has 2 aromatic carbocycles. The average molecular weight is 341 g/mol. The fraction of sp³-hybridized carbons (Fsp3) is 0.381. The molecule has 0 heterocycles. The Balaban J connectivity index is 1.91. The van der Waals surface area contributed by atoms with Crippen LogP contribution in [-0.4, -0.2) is 31.3 Å². The van der Waals surface area contributed by atoms with Crippen LogP contribution in [0.2, 0.25) is 0 Å². The van der Waals surface area contributed by atoms with Gasteiger partial charge in [0.15, 0.2) is 0 Å². The van der Waals surface area contributed by atoms with Crippen LogP contribution in [0.25, 0.3) is 11.1 Å². The molecule has 0 aliphatic carbocycles. The second-order valence-electron chi connectivity index (χ2n) is 6.99. The Kier molecular flexibility index (Phi) is 6.59. The van der Waals surface area contributed by atoms with Gasteiger partial charge in [-0.2, -0.15) is 0 Å². The molecule has 0 spiro atoms. The number of amides is 1. The molecule has 25 heavy (non-hydrogen) atoms. The van der Waals surface area contributed by atoms with Crippen molar-refractivity contribution in [3.05, 3.63) is 54.1 Å². The zero-order chi connectivity index (χ0) is 18.3. The van der Waals surface area contributed by atoms with Gasteiger partial charge in [0, 0.05) is 18.7 Å². The van der Waals surface area contributed by atoms with E-state index >= 15 is 0 Å². The normalized spacial score (nSPS) is 11.2. The molecule has 0 aliphatic heterocycles. The smallest absolute Gasteiger partial charge is 0.251 e. The molecule has 4 nitrogen and oxygen atoms in total. The van der Waals surface area contributed by atoms with Crippen LogP contribution in [0.4, 0.5) is 0 Å². The summed E-state index contributed by atoms with van der Waals surface area (Å²) in [6.45, 7) is 4.81. The molecular formula is C21H27NO3. The summed E-state index contributed by atoms with van der Waals surface area (Å²) in [7, 11) is 1.65. The predicted octanol–water partition coefficient (Wildman–Crippen LogP) is 3.89. The second kappa shape index (κ2) is 8.67. The number of rotatable bonds is 8. The molecule has 1 amide bonds. The third-order valence-corrected chi connectivity index (χ3v) is 4.29. The van der Waals surface area contributed by atoms with Crippen LogP contribution in [0.15, 0.2) is 48.5 Å². The summed E-state index contributed by atoms with van der Waals surface area (Å²) < 4.78 is 5.25. The Bertz CT molecular complexity index is 693. The Morgan fingerprint density at radius 1 is 1.12 bits per heavy atom. The molecule has 2 aromatic rings. The first-order valence-electron chi connectivity index (χ1n) is 8.59. The molecule has 0 aliphatic rings. The highest BCUT2D eigenvalue weighted by atomic mass is 16.5. The van der Waals surface area contributed by atoms with Crippen molar-refractivity contribution >= 4 is 5.91 Å². The molecule has 0 radical (unpaired) electrons. The average Bonchev–Trinajstić information content (AvgIpc) is 2.65.